The Morgan fingerprint density at radius 2 is 1.38 bits per heavy atom. The van der Waals surface area contributed by atoms with Crippen LogP contribution in [0.1, 0.15) is 65.7 Å². The Morgan fingerprint density at radius 3 is 1.88 bits per heavy atom. The first-order valence-corrected chi connectivity index (χ1v) is 11.4. The van der Waals surface area contributed by atoms with Crippen molar-refractivity contribution < 1.29 is 24.3 Å². The number of aliphatic carboxylic acids is 1. The van der Waals surface area contributed by atoms with Gasteiger partial charge in [0.1, 0.15) is 18.1 Å². The summed E-state index contributed by atoms with van der Waals surface area (Å²) in [4.78, 5) is 49.2. The summed E-state index contributed by atoms with van der Waals surface area (Å²) in [7, 11) is 0. The Balaban J connectivity index is 5.30. The molecule has 0 heterocycles. The molecule has 0 aliphatic carbocycles. The Kier molecular flexibility index (Phi) is 15.3. The van der Waals surface area contributed by atoms with Gasteiger partial charge in [0, 0.05) is 0 Å². The molecule has 0 aliphatic rings. The van der Waals surface area contributed by atoms with E-state index < -0.39 is 47.9 Å². The summed E-state index contributed by atoms with van der Waals surface area (Å²) in [6, 6.07) is -3.69. The molecule has 11 heteroatoms. The van der Waals surface area contributed by atoms with Gasteiger partial charge in [-0.2, -0.15) is 0 Å². The van der Waals surface area contributed by atoms with E-state index in [0.717, 1.165) is 6.42 Å². The molecule has 0 radical (unpaired) electrons. The first kappa shape index (κ1) is 29.8. The van der Waals surface area contributed by atoms with Crippen molar-refractivity contribution in [2.24, 2.45) is 23.1 Å². The summed E-state index contributed by atoms with van der Waals surface area (Å²) < 4.78 is 0. The van der Waals surface area contributed by atoms with Gasteiger partial charge in [-0.1, -0.05) is 26.7 Å². The summed E-state index contributed by atoms with van der Waals surface area (Å²) in [5.74, 6) is -2.94. The van der Waals surface area contributed by atoms with Crippen LogP contribution in [-0.2, 0) is 19.2 Å². The van der Waals surface area contributed by atoms with Gasteiger partial charge in [0.25, 0.3) is 0 Å². The highest BCUT2D eigenvalue weighted by atomic mass is 16.4. The number of hydrogen-bond donors (Lipinski definition) is 7. The first-order valence-electron chi connectivity index (χ1n) is 11.4. The number of nitrogens with one attached hydrogen (secondary N) is 3. The Labute approximate surface area is 190 Å². The van der Waals surface area contributed by atoms with Crippen LogP contribution in [0.2, 0.25) is 0 Å². The van der Waals surface area contributed by atoms with Gasteiger partial charge in [-0.05, 0) is 58.0 Å². The molecule has 0 aliphatic heterocycles. The highest BCUT2D eigenvalue weighted by Gasteiger charge is 2.31. The van der Waals surface area contributed by atoms with Crippen LogP contribution >= 0.6 is 0 Å². The van der Waals surface area contributed by atoms with Gasteiger partial charge in [-0.25, -0.2) is 0 Å². The van der Waals surface area contributed by atoms with Crippen molar-refractivity contribution in [2.45, 2.75) is 89.9 Å². The maximum absolute atomic E-state index is 13.0. The van der Waals surface area contributed by atoms with Crippen molar-refractivity contribution in [3.8, 4) is 0 Å². The quantitative estimate of drug-likeness (QED) is 0.137. The minimum absolute atomic E-state index is 0.208. The molecular weight excluding hydrogens is 416 g/mol. The van der Waals surface area contributed by atoms with Crippen LogP contribution in [0.4, 0.5) is 0 Å². The van der Waals surface area contributed by atoms with Gasteiger partial charge in [-0.3, -0.25) is 19.2 Å². The normalized spacial score (nSPS) is 15.7. The fourth-order valence-corrected chi connectivity index (χ4v) is 3.00. The summed E-state index contributed by atoms with van der Waals surface area (Å²) in [5, 5.41) is 16.8. The monoisotopic (exact) mass is 458 g/mol. The summed E-state index contributed by atoms with van der Waals surface area (Å²) >= 11 is 0. The van der Waals surface area contributed by atoms with Crippen molar-refractivity contribution in [3.05, 3.63) is 0 Å². The maximum atomic E-state index is 13.0. The van der Waals surface area contributed by atoms with E-state index in [4.69, 9.17) is 22.3 Å². The number of carbonyl (C=O) groups is 4. The zero-order chi connectivity index (χ0) is 24.7. The number of carbonyl (C=O) groups excluding carboxylic acids is 3. The minimum atomic E-state index is -1.18. The zero-order valence-corrected chi connectivity index (χ0v) is 19.6. The molecule has 5 unspecified atom stereocenters. The average molecular weight is 459 g/mol. The third kappa shape index (κ3) is 11.4. The topological polar surface area (TPSA) is 203 Å². The van der Waals surface area contributed by atoms with Crippen molar-refractivity contribution in [1.82, 2.24) is 16.0 Å². The van der Waals surface area contributed by atoms with Crippen molar-refractivity contribution in [1.29, 1.82) is 0 Å². The number of hydrogen-bond acceptors (Lipinski definition) is 7. The molecule has 0 rings (SSSR count). The molecule has 186 valence electrons. The molecule has 0 aromatic rings. The minimum Gasteiger partial charge on any atom is -0.480 e. The Hall–Kier alpha value is -2.24. The lowest BCUT2D eigenvalue weighted by atomic mass is 9.96. The molecule has 0 saturated heterocycles. The van der Waals surface area contributed by atoms with Crippen molar-refractivity contribution >= 4 is 23.7 Å². The van der Waals surface area contributed by atoms with Gasteiger partial charge in [0.2, 0.25) is 17.7 Å². The second-order valence-corrected chi connectivity index (χ2v) is 8.18. The molecule has 0 saturated carbocycles. The van der Waals surface area contributed by atoms with Gasteiger partial charge < -0.3 is 38.3 Å². The predicted molar refractivity (Wildman–Crippen MR) is 122 cm³/mol. The Bertz CT molecular complexity index is 603. The second-order valence-electron chi connectivity index (χ2n) is 8.18. The number of nitrogens with two attached hydrogens (primary N) is 3. The molecule has 10 N–H and O–H groups in total. The summed E-state index contributed by atoms with van der Waals surface area (Å²) in [6.45, 7) is 5.99. The highest BCUT2D eigenvalue weighted by Crippen LogP contribution is 2.11. The van der Waals surface area contributed by atoms with Gasteiger partial charge in [0.05, 0.1) is 6.04 Å². The molecular formula is C21H42N6O5. The largest absolute Gasteiger partial charge is 0.480 e. The van der Waals surface area contributed by atoms with Crippen LogP contribution in [0.3, 0.4) is 0 Å². The van der Waals surface area contributed by atoms with E-state index in [9.17, 15) is 19.2 Å². The van der Waals surface area contributed by atoms with Crippen LogP contribution in [0.15, 0.2) is 0 Å². The molecule has 32 heavy (non-hydrogen) atoms. The van der Waals surface area contributed by atoms with Gasteiger partial charge in [-0.15, -0.1) is 0 Å². The van der Waals surface area contributed by atoms with E-state index in [-0.39, 0.29) is 5.92 Å². The van der Waals surface area contributed by atoms with E-state index in [1.165, 1.54) is 6.92 Å². The molecule has 5 atom stereocenters. The zero-order valence-electron chi connectivity index (χ0n) is 19.6. The summed E-state index contributed by atoms with van der Waals surface area (Å²) in [6.07, 6.45) is 4.04. The van der Waals surface area contributed by atoms with Crippen LogP contribution in [0.5, 0.6) is 0 Å². The molecule has 0 aromatic carbocycles. The van der Waals surface area contributed by atoms with Crippen molar-refractivity contribution in [3.63, 3.8) is 0 Å². The SMILES string of the molecule is CCC(C)C(NC(=O)C(N)CCCCN)C(=O)NC(CCCCN)C(=O)NC(C)C(=O)O. The van der Waals surface area contributed by atoms with Gasteiger partial charge >= 0.3 is 5.97 Å². The lowest BCUT2D eigenvalue weighted by molar-refractivity contribution is -0.142. The predicted octanol–water partition coefficient (Wildman–Crippen LogP) is -0.823. The number of rotatable bonds is 17. The van der Waals surface area contributed by atoms with Crippen LogP contribution in [-0.4, -0.2) is 66.1 Å². The van der Waals surface area contributed by atoms with Crippen LogP contribution in [0, 0.1) is 5.92 Å². The molecule has 0 bridgehead atoms. The van der Waals surface area contributed by atoms with Crippen LogP contribution in [0.25, 0.3) is 0 Å². The molecule has 0 spiro atoms. The highest BCUT2D eigenvalue weighted by molar-refractivity contribution is 5.94. The van der Waals surface area contributed by atoms with Crippen molar-refractivity contribution in [2.75, 3.05) is 13.1 Å². The van der Waals surface area contributed by atoms with E-state index >= 15 is 0 Å². The number of amides is 3. The molecule has 3 amide bonds. The third-order valence-corrected chi connectivity index (χ3v) is 5.41. The van der Waals surface area contributed by atoms with E-state index in [1.807, 2.05) is 13.8 Å². The average Bonchev–Trinajstić information content (AvgIpc) is 2.75. The molecule has 0 aromatic heterocycles. The first-order chi connectivity index (χ1) is 15.1. The fourth-order valence-electron chi connectivity index (χ4n) is 3.00. The third-order valence-electron chi connectivity index (χ3n) is 5.41. The number of carboxylic acids is 1. The number of unbranched alkanes of at least 4 members (excludes halogenated alkanes) is 2. The van der Waals surface area contributed by atoms with Crippen LogP contribution < -0.4 is 33.2 Å². The van der Waals surface area contributed by atoms with Gasteiger partial charge in [0.15, 0.2) is 0 Å². The maximum Gasteiger partial charge on any atom is 0.325 e. The smallest absolute Gasteiger partial charge is 0.325 e. The molecule has 0 fully saturated rings. The lowest BCUT2D eigenvalue weighted by Crippen LogP contribution is -2.58. The van der Waals surface area contributed by atoms with E-state index in [2.05, 4.69) is 16.0 Å². The lowest BCUT2D eigenvalue weighted by Gasteiger charge is -2.27. The van der Waals surface area contributed by atoms with E-state index in [0.29, 0.717) is 51.6 Å². The fraction of sp³-hybridized carbons (Fsp3) is 0.810. The Morgan fingerprint density at radius 1 is 0.812 bits per heavy atom. The summed E-state index contributed by atoms with van der Waals surface area (Å²) in [5.41, 5.74) is 16.9. The standard InChI is InChI=1S/C21H42N6O5/c1-4-13(2)17(27-18(28)15(24)9-5-7-11-22)20(30)26-16(10-6-8-12-23)19(29)25-14(3)21(31)32/h13-17H,4-12,22-24H2,1-3H3,(H,25,29)(H,26,30)(H,27,28)(H,31,32). The van der Waals surface area contributed by atoms with E-state index in [1.54, 1.807) is 0 Å². The molecule has 11 nitrogen and oxygen atoms in total. The second kappa shape index (κ2) is 16.4. The number of carboxylic acid groups (broad SMARTS) is 1.